The van der Waals surface area contributed by atoms with Crippen LogP contribution >= 0.6 is 11.6 Å². The number of hydrogen-bond acceptors (Lipinski definition) is 4. The van der Waals surface area contributed by atoms with E-state index < -0.39 is 21.7 Å². The third-order valence-corrected chi connectivity index (χ3v) is 5.70. The Labute approximate surface area is 156 Å². The molecule has 1 unspecified atom stereocenters. The zero-order valence-electron chi connectivity index (χ0n) is 14.0. The monoisotopic (exact) mass is 392 g/mol. The molecule has 0 aromatic heterocycles. The molecule has 0 aliphatic heterocycles. The third-order valence-electron chi connectivity index (χ3n) is 4.26. The van der Waals surface area contributed by atoms with Crippen molar-refractivity contribution in [3.63, 3.8) is 0 Å². The van der Waals surface area contributed by atoms with Gasteiger partial charge in [0.05, 0.1) is 21.6 Å². The van der Waals surface area contributed by atoms with Gasteiger partial charge in [0.25, 0.3) is 0 Å². The van der Waals surface area contributed by atoms with Gasteiger partial charge in [-0.3, -0.25) is 9.59 Å². The minimum Gasteiger partial charge on any atom is -0.341 e. The normalized spacial score (nSPS) is 16.0. The summed E-state index contributed by atoms with van der Waals surface area (Å²) in [7, 11) is -3.46. The molecule has 26 heavy (non-hydrogen) atoms. The van der Waals surface area contributed by atoms with E-state index in [4.69, 9.17) is 11.6 Å². The molecule has 1 aliphatic carbocycles. The molecule has 0 saturated heterocycles. The molecule has 0 heterocycles. The number of halogens is 1. The molecule has 1 aliphatic rings. The van der Waals surface area contributed by atoms with Crippen molar-refractivity contribution < 1.29 is 18.0 Å². The fourth-order valence-electron chi connectivity index (χ4n) is 2.94. The zero-order valence-corrected chi connectivity index (χ0v) is 15.5. The van der Waals surface area contributed by atoms with E-state index in [-0.39, 0.29) is 21.6 Å². The Kier molecular flexibility index (Phi) is 5.02. The van der Waals surface area contributed by atoms with Crippen molar-refractivity contribution in [2.24, 2.45) is 0 Å². The second-order valence-corrected chi connectivity index (χ2v) is 8.55. The molecule has 2 N–H and O–H groups in total. The van der Waals surface area contributed by atoms with E-state index in [0.717, 1.165) is 30.2 Å². The lowest BCUT2D eigenvalue weighted by Gasteiger charge is -2.14. The minimum absolute atomic E-state index is 0.00216. The first-order valence-corrected chi connectivity index (χ1v) is 10.2. The van der Waals surface area contributed by atoms with Gasteiger partial charge in [-0.25, -0.2) is 8.42 Å². The lowest BCUT2D eigenvalue weighted by atomic mass is 10.1. The first kappa shape index (κ1) is 18.4. The Morgan fingerprint density at radius 2 is 1.85 bits per heavy atom. The number of carbonyl (C=O) groups is 2. The number of anilines is 1. The fourth-order valence-corrected chi connectivity index (χ4v) is 3.75. The predicted octanol–water partition coefficient (Wildman–Crippen LogP) is 2.49. The van der Waals surface area contributed by atoms with Gasteiger partial charge in [-0.1, -0.05) is 35.9 Å². The van der Waals surface area contributed by atoms with Crippen LogP contribution in [0, 0.1) is 0 Å². The van der Waals surface area contributed by atoms with Crippen LogP contribution in [0.2, 0.25) is 5.02 Å². The molecular formula is C18H17ClN2O4S. The number of nitrogens with one attached hydrogen (secondary N) is 2. The molecule has 1 atom stereocenters. The van der Waals surface area contributed by atoms with Crippen molar-refractivity contribution >= 4 is 38.9 Å². The molecule has 0 bridgehead atoms. The molecule has 0 radical (unpaired) electrons. The second kappa shape index (κ2) is 7.09. The highest BCUT2D eigenvalue weighted by Crippen LogP contribution is 2.30. The molecule has 3 rings (SSSR count). The highest BCUT2D eigenvalue weighted by atomic mass is 35.5. The lowest BCUT2D eigenvalue weighted by molar-refractivity contribution is -0.136. The van der Waals surface area contributed by atoms with Crippen LogP contribution in [0.3, 0.4) is 0 Å². The van der Waals surface area contributed by atoms with E-state index in [9.17, 15) is 18.0 Å². The minimum atomic E-state index is -3.46. The first-order chi connectivity index (χ1) is 12.3. The summed E-state index contributed by atoms with van der Waals surface area (Å²) in [4.78, 5) is 24.4. The van der Waals surface area contributed by atoms with Crippen molar-refractivity contribution in [1.82, 2.24) is 5.32 Å². The first-order valence-electron chi connectivity index (χ1n) is 7.95. The molecule has 2 aromatic carbocycles. The van der Waals surface area contributed by atoms with Gasteiger partial charge in [-0.2, -0.15) is 0 Å². The zero-order chi connectivity index (χ0) is 18.9. The molecule has 8 heteroatoms. The maximum Gasteiger partial charge on any atom is 0.313 e. The summed E-state index contributed by atoms with van der Waals surface area (Å²) in [6.07, 6.45) is 2.61. The van der Waals surface area contributed by atoms with Crippen LogP contribution in [-0.2, 0) is 25.8 Å². The summed E-state index contributed by atoms with van der Waals surface area (Å²) < 4.78 is 23.3. The van der Waals surface area contributed by atoms with Crippen LogP contribution < -0.4 is 10.6 Å². The summed E-state index contributed by atoms with van der Waals surface area (Å²) in [5, 5.41) is 5.22. The van der Waals surface area contributed by atoms with Crippen LogP contribution in [0.15, 0.2) is 47.4 Å². The average molecular weight is 393 g/mol. The van der Waals surface area contributed by atoms with Crippen LogP contribution in [0.4, 0.5) is 5.69 Å². The van der Waals surface area contributed by atoms with Gasteiger partial charge >= 0.3 is 11.8 Å². The average Bonchev–Trinajstić information content (AvgIpc) is 2.99. The number of hydrogen-bond donors (Lipinski definition) is 2. The van der Waals surface area contributed by atoms with E-state index in [1.165, 1.54) is 18.2 Å². The largest absolute Gasteiger partial charge is 0.341 e. The Balaban J connectivity index is 1.72. The van der Waals surface area contributed by atoms with Crippen molar-refractivity contribution in [2.75, 3.05) is 11.6 Å². The molecule has 0 fully saturated rings. The number of amides is 2. The maximum absolute atomic E-state index is 12.2. The quantitative estimate of drug-likeness (QED) is 0.785. The molecule has 2 aromatic rings. The van der Waals surface area contributed by atoms with Crippen LogP contribution in [0.5, 0.6) is 0 Å². The Bertz CT molecular complexity index is 988. The van der Waals surface area contributed by atoms with Gasteiger partial charge in [-0.15, -0.1) is 0 Å². The molecule has 6 nitrogen and oxygen atoms in total. The lowest BCUT2D eigenvalue weighted by Crippen LogP contribution is -2.37. The fraction of sp³-hybridized carbons (Fsp3) is 0.222. The Morgan fingerprint density at radius 3 is 2.58 bits per heavy atom. The molecule has 0 saturated carbocycles. The highest BCUT2D eigenvalue weighted by molar-refractivity contribution is 7.90. The standard InChI is InChI=1S/C18H17ClN2O4S/c1-26(24,25)12-7-8-14(19)16(10-12)21-18(23)17(22)20-15-9-6-11-4-2-3-5-13(11)15/h2-5,7-8,10,15H,6,9H2,1H3,(H,20,22)(H,21,23). The molecular weight excluding hydrogens is 376 g/mol. The van der Waals surface area contributed by atoms with Crippen LogP contribution in [0.1, 0.15) is 23.6 Å². The van der Waals surface area contributed by atoms with Gasteiger partial charge < -0.3 is 10.6 Å². The summed E-state index contributed by atoms with van der Waals surface area (Å²) in [6, 6.07) is 11.5. The SMILES string of the molecule is CS(=O)(=O)c1ccc(Cl)c(NC(=O)C(=O)NC2CCc3ccccc32)c1. The van der Waals surface area contributed by atoms with E-state index in [0.29, 0.717) is 0 Å². The Hall–Kier alpha value is -2.38. The van der Waals surface area contributed by atoms with Crippen molar-refractivity contribution in [1.29, 1.82) is 0 Å². The number of benzene rings is 2. The van der Waals surface area contributed by atoms with E-state index in [1.807, 2.05) is 24.3 Å². The van der Waals surface area contributed by atoms with Crippen molar-refractivity contribution in [3.8, 4) is 0 Å². The topological polar surface area (TPSA) is 92.3 Å². The third kappa shape index (κ3) is 3.89. The van der Waals surface area contributed by atoms with Crippen molar-refractivity contribution in [2.45, 2.75) is 23.8 Å². The number of aryl methyl sites for hydroxylation is 1. The van der Waals surface area contributed by atoms with Gasteiger partial charge in [0.1, 0.15) is 0 Å². The van der Waals surface area contributed by atoms with E-state index in [1.54, 1.807) is 0 Å². The molecule has 0 spiro atoms. The number of carbonyl (C=O) groups excluding carboxylic acids is 2. The summed E-state index contributed by atoms with van der Waals surface area (Å²) in [6.45, 7) is 0. The van der Waals surface area contributed by atoms with Gasteiger partial charge in [0.15, 0.2) is 9.84 Å². The molecule has 2 amide bonds. The van der Waals surface area contributed by atoms with E-state index >= 15 is 0 Å². The summed E-state index contributed by atoms with van der Waals surface area (Å²) >= 11 is 5.99. The highest BCUT2D eigenvalue weighted by Gasteiger charge is 2.26. The van der Waals surface area contributed by atoms with Gasteiger partial charge in [0.2, 0.25) is 0 Å². The Morgan fingerprint density at radius 1 is 1.12 bits per heavy atom. The smallest absolute Gasteiger partial charge is 0.313 e. The second-order valence-electron chi connectivity index (χ2n) is 6.13. The summed E-state index contributed by atoms with van der Waals surface area (Å²) in [5.74, 6) is -1.70. The number of sulfone groups is 1. The predicted molar refractivity (Wildman–Crippen MR) is 98.8 cm³/mol. The number of fused-ring (bicyclic) bond motifs is 1. The molecule has 136 valence electrons. The van der Waals surface area contributed by atoms with Gasteiger partial charge in [-0.05, 0) is 42.2 Å². The maximum atomic E-state index is 12.2. The van der Waals surface area contributed by atoms with Crippen LogP contribution in [-0.4, -0.2) is 26.5 Å². The van der Waals surface area contributed by atoms with E-state index in [2.05, 4.69) is 10.6 Å². The van der Waals surface area contributed by atoms with Gasteiger partial charge in [0, 0.05) is 6.26 Å². The number of rotatable bonds is 3. The van der Waals surface area contributed by atoms with Crippen molar-refractivity contribution in [3.05, 3.63) is 58.6 Å². The summed E-state index contributed by atoms with van der Waals surface area (Å²) in [5.41, 5.74) is 2.23. The van der Waals surface area contributed by atoms with Crippen LogP contribution in [0.25, 0.3) is 0 Å².